The lowest BCUT2D eigenvalue weighted by Crippen LogP contribution is -2.34. The van der Waals surface area contributed by atoms with Crippen LogP contribution in [0.2, 0.25) is 0 Å². The Morgan fingerprint density at radius 1 is 1.27 bits per heavy atom. The molecule has 0 amide bonds. The Labute approximate surface area is 93.8 Å². The topological polar surface area (TPSA) is 21.3 Å². The zero-order valence-corrected chi connectivity index (χ0v) is 10.2. The normalized spacial score (nSPS) is 34.8. The van der Waals surface area contributed by atoms with E-state index in [1.54, 1.807) is 0 Å². The highest BCUT2D eigenvalue weighted by Crippen LogP contribution is 2.36. The van der Waals surface area contributed by atoms with Crippen molar-refractivity contribution in [3.05, 3.63) is 0 Å². The fourth-order valence-corrected chi connectivity index (χ4v) is 2.98. The summed E-state index contributed by atoms with van der Waals surface area (Å²) in [6.45, 7) is 6.84. The van der Waals surface area contributed by atoms with Crippen molar-refractivity contribution in [2.45, 2.75) is 64.6 Å². The maximum absolute atomic E-state index is 5.80. The molecule has 2 atom stereocenters. The van der Waals surface area contributed by atoms with Crippen molar-refractivity contribution in [3.63, 3.8) is 0 Å². The highest BCUT2D eigenvalue weighted by molar-refractivity contribution is 4.83. The summed E-state index contributed by atoms with van der Waals surface area (Å²) in [4.78, 5) is 0. The molecule has 0 radical (unpaired) electrons. The second kappa shape index (κ2) is 4.84. The largest absolute Gasteiger partial charge is 0.374 e. The van der Waals surface area contributed by atoms with Crippen LogP contribution in [-0.4, -0.2) is 25.3 Å². The van der Waals surface area contributed by atoms with Gasteiger partial charge in [-0.25, -0.2) is 0 Å². The van der Waals surface area contributed by atoms with E-state index < -0.39 is 0 Å². The standard InChI is InChI=1S/C13H25NO/c1-11-5-6-12(15-11)9-14-10-13(2)7-3-4-8-13/h11-12,14H,3-10H2,1-2H3. The lowest BCUT2D eigenvalue weighted by molar-refractivity contribution is 0.0544. The maximum Gasteiger partial charge on any atom is 0.0704 e. The Morgan fingerprint density at radius 2 is 2.00 bits per heavy atom. The lowest BCUT2D eigenvalue weighted by atomic mass is 9.89. The first-order chi connectivity index (χ1) is 7.18. The summed E-state index contributed by atoms with van der Waals surface area (Å²) in [6.07, 6.45) is 9.10. The Bertz CT molecular complexity index is 199. The van der Waals surface area contributed by atoms with Crippen molar-refractivity contribution in [1.29, 1.82) is 0 Å². The van der Waals surface area contributed by atoms with Crippen LogP contribution in [0.4, 0.5) is 0 Å². The molecular weight excluding hydrogens is 186 g/mol. The van der Waals surface area contributed by atoms with E-state index in [1.807, 2.05) is 0 Å². The van der Waals surface area contributed by atoms with E-state index in [9.17, 15) is 0 Å². The van der Waals surface area contributed by atoms with Crippen molar-refractivity contribution in [1.82, 2.24) is 5.32 Å². The molecule has 15 heavy (non-hydrogen) atoms. The molecule has 0 spiro atoms. The van der Waals surface area contributed by atoms with Gasteiger partial charge < -0.3 is 10.1 Å². The van der Waals surface area contributed by atoms with E-state index in [2.05, 4.69) is 19.2 Å². The van der Waals surface area contributed by atoms with Gasteiger partial charge in [0.25, 0.3) is 0 Å². The second-order valence-electron chi connectivity index (χ2n) is 5.79. The van der Waals surface area contributed by atoms with E-state index in [0.717, 1.165) is 6.54 Å². The Morgan fingerprint density at radius 3 is 2.60 bits per heavy atom. The first kappa shape index (κ1) is 11.4. The van der Waals surface area contributed by atoms with Gasteiger partial charge in [0.1, 0.15) is 0 Å². The average Bonchev–Trinajstić information content (AvgIpc) is 2.76. The van der Waals surface area contributed by atoms with Gasteiger partial charge in [-0.1, -0.05) is 19.8 Å². The van der Waals surface area contributed by atoms with Crippen LogP contribution in [-0.2, 0) is 4.74 Å². The summed E-state index contributed by atoms with van der Waals surface area (Å²) in [5.41, 5.74) is 0.574. The molecule has 0 aromatic heterocycles. The van der Waals surface area contributed by atoms with Gasteiger partial charge in [0, 0.05) is 13.1 Å². The van der Waals surface area contributed by atoms with Gasteiger partial charge in [-0.15, -0.1) is 0 Å². The lowest BCUT2D eigenvalue weighted by Gasteiger charge is -2.24. The molecule has 88 valence electrons. The van der Waals surface area contributed by atoms with Crippen molar-refractivity contribution >= 4 is 0 Å². The third-order valence-electron chi connectivity index (χ3n) is 4.05. The molecule has 2 fully saturated rings. The number of nitrogens with one attached hydrogen (secondary N) is 1. The SMILES string of the molecule is CC1CCC(CNCC2(C)CCCC2)O1. The minimum Gasteiger partial charge on any atom is -0.374 e. The van der Waals surface area contributed by atoms with Gasteiger partial charge in [0.15, 0.2) is 0 Å². The van der Waals surface area contributed by atoms with E-state index in [0.29, 0.717) is 17.6 Å². The van der Waals surface area contributed by atoms with Crippen molar-refractivity contribution in [2.75, 3.05) is 13.1 Å². The monoisotopic (exact) mass is 211 g/mol. The molecule has 2 unspecified atom stereocenters. The third kappa shape index (κ3) is 3.18. The second-order valence-corrected chi connectivity index (χ2v) is 5.79. The van der Waals surface area contributed by atoms with E-state index >= 15 is 0 Å². The van der Waals surface area contributed by atoms with Crippen LogP contribution in [0.3, 0.4) is 0 Å². The first-order valence-corrected chi connectivity index (χ1v) is 6.54. The smallest absolute Gasteiger partial charge is 0.0704 e. The van der Waals surface area contributed by atoms with Gasteiger partial charge in [0.05, 0.1) is 12.2 Å². The molecule has 1 aliphatic carbocycles. The molecule has 2 heteroatoms. The summed E-state index contributed by atoms with van der Waals surface area (Å²) in [6, 6.07) is 0. The molecule has 0 aromatic rings. The average molecular weight is 211 g/mol. The first-order valence-electron chi connectivity index (χ1n) is 6.54. The maximum atomic E-state index is 5.80. The molecule has 1 saturated carbocycles. The predicted octanol–water partition coefficient (Wildman–Crippen LogP) is 2.72. The fourth-order valence-electron chi connectivity index (χ4n) is 2.98. The summed E-state index contributed by atoms with van der Waals surface area (Å²) in [5.74, 6) is 0. The Balaban J connectivity index is 1.62. The zero-order valence-electron chi connectivity index (χ0n) is 10.2. The Kier molecular flexibility index (Phi) is 3.68. The van der Waals surface area contributed by atoms with Gasteiger partial charge in [-0.05, 0) is 38.0 Å². The minimum atomic E-state index is 0.477. The Hall–Kier alpha value is -0.0800. The molecule has 0 bridgehead atoms. The van der Waals surface area contributed by atoms with Crippen LogP contribution in [0.1, 0.15) is 52.4 Å². The molecule has 1 aliphatic heterocycles. The summed E-state index contributed by atoms with van der Waals surface area (Å²) in [7, 11) is 0. The van der Waals surface area contributed by atoms with Crippen LogP contribution in [0.5, 0.6) is 0 Å². The molecule has 2 nitrogen and oxygen atoms in total. The predicted molar refractivity (Wildman–Crippen MR) is 63.0 cm³/mol. The van der Waals surface area contributed by atoms with Crippen molar-refractivity contribution in [2.24, 2.45) is 5.41 Å². The quantitative estimate of drug-likeness (QED) is 0.772. The third-order valence-corrected chi connectivity index (χ3v) is 4.05. The van der Waals surface area contributed by atoms with E-state index in [-0.39, 0.29) is 0 Å². The van der Waals surface area contributed by atoms with Gasteiger partial charge in [-0.3, -0.25) is 0 Å². The number of hydrogen-bond acceptors (Lipinski definition) is 2. The number of ether oxygens (including phenoxy) is 1. The van der Waals surface area contributed by atoms with E-state index in [4.69, 9.17) is 4.74 Å². The number of rotatable bonds is 4. The van der Waals surface area contributed by atoms with Crippen molar-refractivity contribution in [3.8, 4) is 0 Å². The highest BCUT2D eigenvalue weighted by Gasteiger charge is 2.29. The van der Waals surface area contributed by atoms with Gasteiger partial charge in [0.2, 0.25) is 0 Å². The van der Waals surface area contributed by atoms with Crippen LogP contribution in [0.15, 0.2) is 0 Å². The van der Waals surface area contributed by atoms with Crippen LogP contribution in [0.25, 0.3) is 0 Å². The molecule has 0 aromatic carbocycles. The summed E-state index contributed by atoms with van der Waals surface area (Å²) < 4.78 is 5.80. The molecule has 2 aliphatic rings. The highest BCUT2D eigenvalue weighted by atomic mass is 16.5. The molecule has 1 N–H and O–H groups in total. The van der Waals surface area contributed by atoms with Crippen LogP contribution < -0.4 is 5.32 Å². The van der Waals surface area contributed by atoms with Crippen LogP contribution >= 0.6 is 0 Å². The number of hydrogen-bond donors (Lipinski definition) is 1. The van der Waals surface area contributed by atoms with E-state index in [1.165, 1.54) is 45.1 Å². The van der Waals surface area contributed by atoms with Crippen molar-refractivity contribution < 1.29 is 4.74 Å². The molecule has 1 heterocycles. The minimum absolute atomic E-state index is 0.477. The molecule has 1 saturated heterocycles. The van der Waals surface area contributed by atoms with Crippen LogP contribution in [0, 0.1) is 5.41 Å². The molecular formula is C13H25NO. The fraction of sp³-hybridized carbons (Fsp3) is 1.00. The molecule has 2 rings (SSSR count). The van der Waals surface area contributed by atoms with Gasteiger partial charge in [-0.2, -0.15) is 0 Å². The summed E-state index contributed by atoms with van der Waals surface area (Å²) in [5, 5.41) is 3.61. The summed E-state index contributed by atoms with van der Waals surface area (Å²) >= 11 is 0. The van der Waals surface area contributed by atoms with Gasteiger partial charge >= 0.3 is 0 Å². The zero-order chi connectivity index (χ0) is 10.7.